The van der Waals surface area contributed by atoms with Gasteiger partial charge < -0.3 is 9.42 Å². The summed E-state index contributed by atoms with van der Waals surface area (Å²) in [5, 5.41) is 0. The number of hydrogen-bond acceptors (Lipinski definition) is 4. The molecule has 0 rings (SSSR count). The van der Waals surface area contributed by atoms with Gasteiger partial charge in [0.2, 0.25) is 0 Å². The molecule has 0 fully saturated rings. The molecule has 14 heavy (non-hydrogen) atoms. The topological polar surface area (TPSA) is 72.8 Å². The molecule has 0 saturated carbocycles. The zero-order valence-corrected chi connectivity index (χ0v) is 10.3. The SMILES string of the molecule is CCO[P+](=O)CCCP(=O)(O)OCC. The van der Waals surface area contributed by atoms with Gasteiger partial charge in [-0.1, -0.05) is 0 Å². The van der Waals surface area contributed by atoms with Crippen LogP contribution in [0.1, 0.15) is 20.3 Å². The van der Waals surface area contributed by atoms with Crippen LogP contribution in [0.5, 0.6) is 0 Å². The van der Waals surface area contributed by atoms with Gasteiger partial charge in [0.1, 0.15) is 0 Å². The van der Waals surface area contributed by atoms with E-state index < -0.39 is 15.6 Å². The molecule has 0 amide bonds. The third-order valence-corrected chi connectivity index (χ3v) is 4.16. The van der Waals surface area contributed by atoms with E-state index in [1.165, 1.54) is 0 Å². The summed E-state index contributed by atoms with van der Waals surface area (Å²) in [5.41, 5.74) is 0. The Morgan fingerprint density at radius 3 is 2.50 bits per heavy atom. The number of rotatable bonds is 8. The molecule has 0 aliphatic heterocycles. The standard InChI is InChI=1S/C7H16O5P2/c1-3-11-13(8)6-5-7-14(9,10)12-4-2/h3-7H2,1-2H3/p+1. The van der Waals surface area contributed by atoms with Crippen LogP contribution >= 0.6 is 15.6 Å². The van der Waals surface area contributed by atoms with Crippen molar-refractivity contribution < 1.29 is 23.1 Å². The second-order valence-electron chi connectivity index (χ2n) is 2.61. The van der Waals surface area contributed by atoms with Gasteiger partial charge in [0.25, 0.3) is 0 Å². The van der Waals surface area contributed by atoms with E-state index in [-0.39, 0.29) is 12.8 Å². The van der Waals surface area contributed by atoms with Crippen LogP contribution in [0.25, 0.3) is 0 Å². The molecule has 0 aliphatic carbocycles. The molecule has 0 radical (unpaired) electrons. The van der Waals surface area contributed by atoms with E-state index >= 15 is 0 Å². The summed E-state index contributed by atoms with van der Waals surface area (Å²) in [5.74, 6) is 0. The Morgan fingerprint density at radius 1 is 1.36 bits per heavy atom. The van der Waals surface area contributed by atoms with Crippen molar-refractivity contribution in [2.75, 3.05) is 25.5 Å². The van der Waals surface area contributed by atoms with Crippen LogP contribution in [0, 0.1) is 0 Å². The summed E-state index contributed by atoms with van der Waals surface area (Å²) in [6, 6.07) is 0. The van der Waals surface area contributed by atoms with Crippen LogP contribution < -0.4 is 0 Å². The Labute approximate surface area is 85.2 Å². The van der Waals surface area contributed by atoms with Crippen LogP contribution in [0.15, 0.2) is 0 Å². The van der Waals surface area contributed by atoms with Crippen LogP contribution in [0.4, 0.5) is 0 Å². The maximum atomic E-state index is 11.2. The highest BCUT2D eigenvalue weighted by Crippen LogP contribution is 2.43. The molecule has 5 nitrogen and oxygen atoms in total. The minimum atomic E-state index is -3.45. The lowest BCUT2D eigenvalue weighted by Gasteiger charge is -2.07. The van der Waals surface area contributed by atoms with Gasteiger partial charge in [-0.3, -0.25) is 4.57 Å². The van der Waals surface area contributed by atoms with Crippen molar-refractivity contribution in [2.45, 2.75) is 20.3 Å². The van der Waals surface area contributed by atoms with Gasteiger partial charge in [-0.25, -0.2) is 0 Å². The van der Waals surface area contributed by atoms with Crippen molar-refractivity contribution in [1.29, 1.82) is 0 Å². The van der Waals surface area contributed by atoms with E-state index in [9.17, 15) is 9.13 Å². The van der Waals surface area contributed by atoms with Crippen molar-refractivity contribution in [3.05, 3.63) is 0 Å². The Morgan fingerprint density at radius 2 is 2.00 bits per heavy atom. The molecule has 1 N–H and O–H groups in total. The van der Waals surface area contributed by atoms with Crippen LogP contribution in [0.2, 0.25) is 0 Å². The van der Waals surface area contributed by atoms with Gasteiger partial charge in [0.05, 0.1) is 19.4 Å². The molecule has 0 aromatic heterocycles. The highest BCUT2D eigenvalue weighted by molar-refractivity contribution is 7.52. The second kappa shape index (κ2) is 7.49. The quantitative estimate of drug-likeness (QED) is 0.662. The molecule has 0 aromatic rings. The first-order valence-corrected chi connectivity index (χ1v) is 7.68. The van der Waals surface area contributed by atoms with Gasteiger partial charge >= 0.3 is 15.6 Å². The molecule has 0 spiro atoms. The van der Waals surface area contributed by atoms with E-state index in [2.05, 4.69) is 4.52 Å². The molecular formula is C7H17O5P2+. The minimum absolute atomic E-state index is 0.0367. The molecule has 0 heterocycles. The largest absolute Gasteiger partial charge is 0.508 e. The van der Waals surface area contributed by atoms with E-state index in [1.54, 1.807) is 13.8 Å². The zero-order valence-electron chi connectivity index (χ0n) is 8.51. The summed E-state index contributed by atoms with van der Waals surface area (Å²) in [6.45, 7) is 4.02. The number of hydrogen-bond donors (Lipinski definition) is 1. The van der Waals surface area contributed by atoms with Gasteiger partial charge in [0, 0.05) is 6.42 Å². The average Bonchev–Trinajstić information content (AvgIpc) is 2.03. The summed E-state index contributed by atoms with van der Waals surface area (Å²) < 4.78 is 31.6. The predicted molar refractivity (Wildman–Crippen MR) is 55.0 cm³/mol. The lowest BCUT2D eigenvalue weighted by atomic mass is 10.6. The molecule has 0 saturated heterocycles. The third-order valence-electron chi connectivity index (χ3n) is 1.39. The first kappa shape index (κ1) is 14.2. The second-order valence-corrected chi connectivity index (χ2v) is 5.96. The smallest absolute Gasteiger partial charge is 0.324 e. The zero-order chi connectivity index (χ0) is 11.0. The fraction of sp³-hybridized carbons (Fsp3) is 1.00. The fourth-order valence-corrected chi connectivity index (χ4v) is 3.05. The maximum Gasteiger partial charge on any atom is 0.508 e. The monoisotopic (exact) mass is 243 g/mol. The van der Waals surface area contributed by atoms with E-state index in [4.69, 9.17) is 9.42 Å². The molecule has 2 unspecified atom stereocenters. The van der Waals surface area contributed by atoms with Gasteiger partial charge in [-0.05, 0) is 18.4 Å². The van der Waals surface area contributed by atoms with Gasteiger partial charge in [0.15, 0.2) is 6.16 Å². The van der Waals surface area contributed by atoms with Crippen LogP contribution in [0.3, 0.4) is 0 Å². The molecule has 2 atom stereocenters. The molecule has 0 aromatic carbocycles. The van der Waals surface area contributed by atoms with Crippen molar-refractivity contribution in [3.63, 3.8) is 0 Å². The van der Waals surface area contributed by atoms with E-state index in [0.29, 0.717) is 19.2 Å². The first-order valence-electron chi connectivity index (χ1n) is 4.55. The summed E-state index contributed by atoms with van der Waals surface area (Å²) in [7, 11) is -5.13. The van der Waals surface area contributed by atoms with Crippen molar-refractivity contribution in [2.24, 2.45) is 0 Å². The molecule has 0 aliphatic rings. The highest BCUT2D eigenvalue weighted by atomic mass is 31.2. The lowest BCUT2D eigenvalue weighted by molar-refractivity contribution is 0.273. The van der Waals surface area contributed by atoms with Crippen LogP contribution in [-0.2, 0) is 18.2 Å². The van der Waals surface area contributed by atoms with Crippen molar-refractivity contribution in [1.82, 2.24) is 0 Å². The summed E-state index contributed by atoms with van der Waals surface area (Å²) in [4.78, 5) is 9.15. The Kier molecular flexibility index (Phi) is 7.61. The molecule has 0 bridgehead atoms. The van der Waals surface area contributed by atoms with Gasteiger partial charge in [-0.15, -0.1) is 4.52 Å². The predicted octanol–water partition coefficient (Wildman–Crippen LogP) is 2.38. The van der Waals surface area contributed by atoms with Crippen LogP contribution in [-0.4, -0.2) is 30.4 Å². The fourth-order valence-electron chi connectivity index (χ4n) is 0.874. The lowest BCUT2D eigenvalue weighted by Crippen LogP contribution is -1.96. The molecular weight excluding hydrogens is 226 g/mol. The van der Waals surface area contributed by atoms with Gasteiger partial charge in [-0.2, -0.15) is 0 Å². The first-order chi connectivity index (χ1) is 6.52. The Bertz CT molecular complexity index is 218. The summed E-state index contributed by atoms with van der Waals surface area (Å²) >= 11 is 0. The summed E-state index contributed by atoms with van der Waals surface area (Å²) in [6.07, 6.45) is 0.721. The Hall–Kier alpha value is 0.210. The van der Waals surface area contributed by atoms with Crippen molar-refractivity contribution in [3.8, 4) is 0 Å². The maximum absolute atomic E-state index is 11.2. The normalized spacial score (nSPS) is 16.4. The third kappa shape index (κ3) is 7.60. The minimum Gasteiger partial charge on any atom is -0.324 e. The van der Waals surface area contributed by atoms with Crippen molar-refractivity contribution >= 4 is 15.6 Å². The molecule has 84 valence electrons. The Balaban J connectivity index is 3.62. The van der Waals surface area contributed by atoms with E-state index in [1.807, 2.05) is 0 Å². The van der Waals surface area contributed by atoms with E-state index in [0.717, 1.165) is 0 Å². The average molecular weight is 243 g/mol. The highest BCUT2D eigenvalue weighted by Gasteiger charge is 2.22. The molecule has 7 heteroatoms.